The van der Waals surface area contributed by atoms with E-state index in [1.807, 2.05) is 29.6 Å². The fourth-order valence-corrected chi connectivity index (χ4v) is 4.70. The molecule has 114 valence electrons. The summed E-state index contributed by atoms with van der Waals surface area (Å²) in [6.45, 7) is 0. The van der Waals surface area contributed by atoms with Crippen molar-refractivity contribution in [2.75, 3.05) is 5.32 Å². The molecule has 3 atom stereocenters. The van der Waals surface area contributed by atoms with E-state index in [2.05, 4.69) is 10.3 Å². The van der Waals surface area contributed by atoms with Crippen LogP contribution in [0, 0.1) is 17.8 Å². The van der Waals surface area contributed by atoms with Crippen molar-refractivity contribution in [2.45, 2.75) is 25.7 Å². The second kappa shape index (κ2) is 5.67. The Bertz CT molecular complexity index is 697. The molecule has 0 spiro atoms. The van der Waals surface area contributed by atoms with E-state index in [0.717, 1.165) is 23.6 Å². The van der Waals surface area contributed by atoms with Crippen LogP contribution < -0.4 is 5.32 Å². The monoisotopic (exact) mass is 332 g/mol. The van der Waals surface area contributed by atoms with Crippen molar-refractivity contribution >= 4 is 34.0 Å². The standard InChI is InChI=1S/C17H17ClN2OS/c18-13-5-3-11(4-6-13)15-9-22-17(19-15)20-16(21)14-8-10-1-2-12(14)7-10/h3-6,9-10,12,14H,1-2,7-8H2,(H,19,20,21)/t10-,12+,14+/m0/s1. The average Bonchev–Trinajstić information content (AvgIpc) is 3.24. The van der Waals surface area contributed by atoms with Crippen molar-refractivity contribution < 1.29 is 4.79 Å². The average molecular weight is 333 g/mol. The molecule has 3 nitrogen and oxygen atoms in total. The highest BCUT2D eigenvalue weighted by Gasteiger charge is 2.43. The molecule has 0 saturated heterocycles. The number of thiazole rings is 1. The molecule has 1 N–H and O–H groups in total. The zero-order valence-electron chi connectivity index (χ0n) is 12.1. The number of benzene rings is 1. The molecule has 0 radical (unpaired) electrons. The highest BCUT2D eigenvalue weighted by Crippen LogP contribution is 2.48. The van der Waals surface area contributed by atoms with E-state index in [-0.39, 0.29) is 11.8 Å². The lowest BCUT2D eigenvalue weighted by Gasteiger charge is -2.19. The van der Waals surface area contributed by atoms with Gasteiger partial charge in [0.2, 0.25) is 5.91 Å². The fourth-order valence-electron chi connectivity index (χ4n) is 3.85. The molecule has 2 aliphatic rings. The van der Waals surface area contributed by atoms with Crippen LogP contribution in [0.15, 0.2) is 29.6 Å². The Labute approximate surface area is 138 Å². The van der Waals surface area contributed by atoms with E-state index in [1.54, 1.807) is 0 Å². The van der Waals surface area contributed by atoms with Gasteiger partial charge in [-0.05, 0) is 43.2 Å². The summed E-state index contributed by atoms with van der Waals surface area (Å²) in [6.07, 6.45) is 4.83. The predicted octanol–water partition coefficient (Wildman–Crippen LogP) is 4.84. The van der Waals surface area contributed by atoms with Crippen LogP contribution in [-0.2, 0) is 4.79 Å². The second-order valence-electron chi connectivity index (χ2n) is 6.32. The summed E-state index contributed by atoms with van der Waals surface area (Å²) in [5, 5.41) is 6.39. The van der Waals surface area contributed by atoms with E-state index in [4.69, 9.17) is 11.6 Å². The van der Waals surface area contributed by atoms with Crippen molar-refractivity contribution in [1.82, 2.24) is 4.98 Å². The summed E-state index contributed by atoms with van der Waals surface area (Å²) >= 11 is 7.38. The van der Waals surface area contributed by atoms with E-state index >= 15 is 0 Å². The van der Waals surface area contributed by atoms with Crippen LogP contribution in [0.25, 0.3) is 11.3 Å². The molecule has 5 heteroatoms. The number of carbonyl (C=O) groups excluding carboxylic acids is 1. The lowest BCUT2D eigenvalue weighted by atomic mass is 9.88. The van der Waals surface area contributed by atoms with Crippen molar-refractivity contribution in [1.29, 1.82) is 0 Å². The molecule has 0 aliphatic heterocycles. The van der Waals surface area contributed by atoms with Crippen LogP contribution in [0.1, 0.15) is 25.7 Å². The minimum Gasteiger partial charge on any atom is -0.302 e. The Morgan fingerprint density at radius 2 is 2.05 bits per heavy atom. The van der Waals surface area contributed by atoms with E-state index in [1.165, 1.54) is 30.6 Å². The molecular weight excluding hydrogens is 316 g/mol. The minimum absolute atomic E-state index is 0.157. The third-order valence-electron chi connectivity index (χ3n) is 4.95. The van der Waals surface area contributed by atoms with Crippen molar-refractivity contribution in [3.63, 3.8) is 0 Å². The molecule has 2 fully saturated rings. The first-order valence-corrected chi connectivity index (χ1v) is 8.97. The van der Waals surface area contributed by atoms with Gasteiger partial charge in [-0.2, -0.15) is 0 Å². The van der Waals surface area contributed by atoms with Gasteiger partial charge >= 0.3 is 0 Å². The molecule has 1 heterocycles. The van der Waals surface area contributed by atoms with E-state index in [0.29, 0.717) is 16.1 Å². The number of carbonyl (C=O) groups is 1. The quantitative estimate of drug-likeness (QED) is 0.874. The lowest BCUT2D eigenvalue weighted by molar-refractivity contribution is -0.121. The van der Waals surface area contributed by atoms with E-state index in [9.17, 15) is 4.79 Å². The van der Waals surface area contributed by atoms with E-state index < -0.39 is 0 Å². The molecule has 1 aromatic carbocycles. The second-order valence-corrected chi connectivity index (χ2v) is 7.61. The first-order chi connectivity index (χ1) is 10.7. The number of fused-ring (bicyclic) bond motifs is 2. The Morgan fingerprint density at radius 1 is 1.23 bits per heavy atom. The third kappa shape index (κ3) is 2.66. The number of hydrogen-bond donors (Lipinski definition) is 1. The predicted molar refractivity (Wildman–Crippen MR) is 90.1 cm³/mol. The van der Waals surface area contributed by atoms with Crippen LogP contribution in [-0.4, -0.2) is 10.9 Å². The highest BCUT2D eigenvalue weighted by atomic mass is 35.5. The maximum absolute atomic E-state index is 12.4. The summed E-state index contributed by atoms with van der Waals surface area (Å²) in [4.78, 5) is 17.0. The normalized spacial score (nSPS) is 26.3. The first-order valence-electron chi connectivity index (χ1n) is 7.71. The van der Waals surface area contributed by atoms with Crippen LogP contribution in [0.4, 0.5) is 5.13 Å². The summed E-state index contributed by atoms with van der Waals surface area (Å²) in [5.41, 5.74) is 1.89. The molecule has 1 amide bonds. The van der Waals surface area contributed by atoms with Gasteiger partial charge in [-0.3, -0.25) is 4.79 Å². The summed E-state index contributed by atoms with van der Waals surface area (Å²) < 4.78 is 0. The Morgan fingerprint density at radius 3 is 2.73 bits per heavy atom. The number of nitrogens with one attached hydrogen (secondary N) is 1. The molecule has 1 aromatic heterocycles. The molecule has 0 unspecified atom stereocenters. The summed E-state index contributed by atoms with van der Waals surface area (Å²) in [5.74, 6) is 1.73. The SMILES string of the molecule is O=C(Nc1nc(-c2ccc(Cl)cc2)cs1)[C@@H]1C[C@H]2CC[C@@H]1C2. The zero-order valence-corrected chi connectivity index (χ0v) is 13.7. The Kier molecular flexibility index (Phi) is 3.66. The smallest absolute Gasteiger partial charge is 0.229 e. The number of amides is 1. The van der Waals surface area contributed by atoms with Gasteiger partial charge in [0, 0.05) is 21.9 Å². The lowest BCUT2D eigenvalue weighted by Crippen LogP contribution is -2.27. The van der Waals surface area contributed by atoms with Crippen LogP contribution in [0.5, 0.6) is 0 Å². The van der Waals surface area contributed by atoms with Crippen LogP contribution in [0.2, 0.25) is 5.02 Å². The van der Waals surface area contributed by atoms with Gasteiger partial charge in [-0.25, -0.2) is 4.98 Å². The van der Waals surface area contributed by atoms with Gasteiger partial charge in [0.15, 0.2) is 5.13 Å². The maximum Gasteiger partial charge on any atom is 0.229 e. The molecule has 2 bridgehead atoms. The van der Waals surface area contributed by atoms with Gasteiger partial charge in [-0.1, -0.05) is 30.2 Å². The largest absolute Gasteiger partial charge is 0.302 e. The zero-order chi connectivity index (χ0) is 15.1. The molecule has 22 heavy (non-hydrogen) atoms. The Balaban J connectivity index is 1.45. The fraction of sp³-hybridized carbons (Fsp3) is 0.412. The highest BCUT2D eigenvalue weighted by molar-refractivity contribution is 7.14. The maximum atomic E-state index is 12.4. The first kappa shape index (κ1) is 14.2. The van der Waals surface area contributed by atoms with Gasteiger partial charge in [0.25, 0.3) is 0 Å². The number of aromatic nitrogens is 1. The summed E-state index contributed by atoms with van der Waals surface area (Å²) in [6, 6.07) is 7.59. The van der Waals surface area contributed by atoms with Gasteiger partial charge < -0.3 is 5.32 Å². The summed E-state index contributed by atoms with van der Waals surface area (Å²) in [7, 11) is 0. The van der Waals surface area contributed by atoms with Gasteiger partial charge in [0.1, 0.15) is 0 Å². The van der Waals surface area contributed by atoms with Gasteiger partial charge in [-0.15, -0.1) is 11.3 Å². The Hall–Kier alpha value is -1.39. The molecule has 4 rings (SSSR count). The van der Waals surface area contributed by atoms with Gasteiger partial charge in [0.05, 0.1) is 5.69 Å². The third-order valence-corrected chi connectivity index (χ3v) is 5.96. The molecule has 2 aromatic rings. The number of rotatable bonds is 3. The number of anilines is 1. The molecule has 2 saturated carbocycles. The van der Waals surface area contributed by atoms with Crippen molar-refractivity contribution in [3.05, 3.63) is 34.7 Å². The topological polar surface area (TPSA) is 42.0 Å². The van der Waals surface area contributed by atoms with Crippen LogP contribution in [0.3, 0.4) is 0 Å². The molecular formula is C17H17ClN2OS. The molecule has 2 aliphatic carbocycles. The number of hydrogen-bond acceptors (Lipinski definition) is 3. The minimum atomic E-state index is 0.157. The van der Waals surface area contributed by atoms with Crippen molar-refractivity contribution in [2.24, 2.45) is 17.8 Å². The number of nitrogens with zero attached hydrogens (tertiary/aromatic N) is 1. The van der Waals surface area contributed by atoms with Crippen molar-refractivity contribution in [3.8, 4) is 11.3 Å². The van der Waals surface area contributed by atoms with Crippen LogP contribution >= 0.6 is 22.9 Å². The number of halogens is 1.